The Labute approximate surface area is 91.7 Å². The maximum atomic E-state index is 4.38. The molecule has 14 heavy (non-hydrogen) atoms. The molecule has 0 aliphatic carbocycles. The monoisotopic (exact) mass is 224 g/mol. The number of aromatic nitrogens is 2. The summed E-state index contributed by atoms with van der Waals surface area (Å²) >= 11 is 3.40. The first-order chi connectivity index (χ1) is 6.75. The maximum absolute atomic E-state index is 4.38. The third-order valence-corrected chi connectivity index (χ3v) is 3.71. The average Bonchev–Trinajstić information content (AvgIpc) is 2.69. The van der Waals surface area contributed by atoms with Gasteiger partial charge in [0.15, 0.2) is 10.0 Å². The lowest BCUT2D eigenvalue weighted by atomic mass is 10.1. The molecule has 0 fully saturated rings. The molecule has 4 heteroatoms. The van der Waals surface area contributed by atoms with Crippen molar-refractivity contribution in [2.45, 2.75) is 20.3 Å². The molecule has 0 amide bonds. The zero-order valence-corrected chi connectivity index (χ0v) is 9.86. The molecule has 2 heterocycles. The minimum atomic E-state index is 0.694. The first kappa shape index (κ1) is 9.80. The highest BCUT2D eigenvalue weighted by molar-refractivity contribution is 7.20. The molecular weight excluding hydrogens is 212 g/mol. The van der Waals surface area contributed by atoms with Crippen molar-refractivity contribution < 1.29 is 0 Å². The van der Waals surface area contributed by atoms with Crippen molar-refractivity contribution in [3.8, 4) is 10.0 Å². The summed E-state index contributed by atoms with van der Waals surface area (Å²) in [6, 6.07) is 0. The van der Waals surface area contributed by atoms with E-state index in [0.717, 1.165) is 16.4 Å². The molecule has 0 saturated carbocycles. The van der Waals surface area contributed by atoms with Crippen molar-refractivity contribution in [1.29, 1.82) is 0 Å². The molecule has 2 aromatic rings. The molecule has 0 unspecified atom stereocenters. The van der Waals surface area contributed by atoms with Gasteiger partial charge in [-0.25, -0.2) is 9.97 Å². The predicted molar refractivity (Wildman–Crippen MR) is 61.8 cm³/mol. The molecule has 2 rings (SSSR count). The van der Waals surface area contributed by atoms with Gasteiger partial charge in [-0.05, 0) is 12.3 Å². The molecule has 0 aliphatic rings. The van der Waals surface area contributed by atoms with E-state index in [1.165, 1.54) is 4.88 Å². The van der Waals surface area contributed by atoms with E-state index in [-0.39, 0.29) is 0 Å². The number of hydrogen-bond acceptors (Lipinski definition) is 4. The molecule has 0 bridgehead atoms. The zero-order chi connectivity index (χ0) is 9.97. The summed E-state index contributed by atoms with van der Waals surface area (Å²) in [4.78, 5) is 9.98. The molecule has 0 saturated heterocycles. The molecular formula is C10H12N2S2. The quantitative estimate of drug-likeness (QED) is 0.798. The van der Waals surface area contributed by atoms with Crippen LogP contribution < -0.4 is 0 Å². The fourth-order valence-electron chi connectivity index (χ4n) is 1.23. The number of hydrogen-bond donors (Lipinski definition) is 0. The van der Waals surface area contributed by atoms with Crippen molar-refractivity contribution in [2.24, 2.45) is 5.92 Å². The van der Waals surface area contributed by atoms with E-state index in [0.29, 0.717) is 5.92 Å². The van der Waals surface area contributed by atoms with Crippen LogP contribution in [0.2, 0.25) is 0 Å². The Morgan fingerprint density at radius 3 is 2.79 bits per heavy atom. The van der Waals surface area contributed by atoms with Gasteiger partial charge in [0.1, 0.15) is 0 Å². The van der Waals surface area contributed by atoms with Gasteiger partial charge in [0.2, 0.25) is 0 Å². The van der Waals surface area contributed by atoms with E-state index in [4.69, 9.17) is 0 Å². The Balaban J connectivity index is 2.18. The Morgan fingerprint density at radius 2 is 2.14 bits per heavy atom. The van der Waals surface area contributed by atoms with Crippen LogP contribution in [0.5, 0.6) is 0 Å². The van der Waals surface area contributed by atoms with Crippen LogP contribution >= 0.6 is 22.7 Å². The van der Waals surface area contributed by atoms with Crippen molar-refractivity contribution in [3.05, 3.63) is 22.7 Å². The molecule has 0 N–H and O–H groups in total. The Kier molecular flexibility index (Phi) is 2.93. The number of thiazole rings is 2. The van der Waals surface area contributed by atoms with E-state index in [1.54, 1.807) is 22.7 Å². The first-order valence-electron chi connectivity index (χ1n) is 4.60. The van der Waals surface area contributed by atoms with Crippen LogP contribution in [0.4, 0.5) is 0 Å². The Morgan fingerprint density at radius 1 is 1.29 bits per heavy atom. The van der Waals surface area contributed by atoms with Crippen LogP contribution in [0.1, 0.15) is 18.7 Å². The van der Waals surface area contributed by atoms with Crippen LogP contribution in [0.25, 0.3) is 10.0 Å². The number of nitrogens with zero attached hydrogens (tertiary/aromatic N) is 2. The second-order valence-corrected chi connectivity index (χ2v) is 5.58. The molecule has 0 spiro atoms. The highest BCUT2D eigenvalue weighted by Crippen LogP contribution is 2.27. The lowest BCUT2D eigenvalue weighted by Gasteiger charge is -1.98. The molecule has 74 valence electrons. The molecule has 0 atom stereocenters. The summed E-state index contributed by atoms with van der Waals surface area (Å²) < 4.78 is 0. The van der Waals surface area contributed by atoms with Crippen LogP contribution in [0.3, 0.4) is 0 Å². The Hall–Kier alpha value is -0.740. The van der Waals surface area contributed by atoms with Crippen LogP contribution in [-0.2, 0) is 6.42 Å². The van der Waals surface area contributed by atoms with Gasteiger partial charge in [-0.15, -0.1) is 22.7 Å². The Bertz CT molecular complexity index is 390. The minimum absolute atomic E-state index is 0.694. The topological polar surface area (TPSA) is 25.8 Å². The van der Waals surface area contributed by atoms with E-state index in [9.17, 15) is 0 Å². The lowest BCUT2D eigenvalue weighted by molar-refractivity contribution is 0.653. The minimum Gasteiger partial charge on any atom is -0.242 e. The zero-order valence-electron chi connectivity index (χ0n) is 8.23. The SMILES string of the molecule is CC(C)Cc1cnc(-c2nccs2)s1. The molecule has 0 aliphatic heterocycles. The highest BCUT2D eigenvalue weighted by Gasteiger charge is 2.07. The normalized spacial score (nSPS) is 11.1. The molecule has 2 nitrogen and oxygen atoms in total. The summed E-state index contributed by atoms with van der Waals surface area (Å²) in [7, 11) is 0. The van der Waals surface area contributed by atoms with Gasteiger partial charge < -0.3 is 0 Å². The largest absolute Gasteiger partial charge is 0.242 e. The standard InChI is InChI=1S/C10H12N2S2/c1-7(2)5-8-6-12-10(14-8)9-11-3-4-13-9/h3-4,6-7H,5H2,1-2H3. The predicted octanol–water partition coefficient (Wildman–Crippen LogP) is 3.47. The number of rotatable bonds is 3. The average molecular weight is 224 g/mol. The third kappa shape index (κ3) is 2.19. The summed E-state index contributed by atoms with van der Waals surface area (Å²) in [6.07, 6.45) is 4.91. The van der Waals surface area contributed by atoms with Gasteiger partial charge in [0, 0.05) is 22.7 Å². The third-order valence-electron chi connectivity index (χ3n) is 1.78. The maximum Gasteiger partial charge on any atom is 0.152 e. The van der Waals surface area contributed by atoms with Crippen molar-refractivity contribution in [1.82, 2.24) is 9.97 Å². The van der Waals surface area contributed by atoms with Gasteiger partial charge in [0.05, 0.1) is 0 Å². The van der Waals surface area contributed by atoms with Crippen LogP contribution in [-0.4, -0.2) is 9.97 Å². The fraction of sp³-hybridized carbons (Fsp3) is 0.400. The van der Waals surface area contributed by atoms with Gasteiger partial charge in [-0.1, -0.05) is 13.8 Å². The summed E-state index contributed by atoms with van der Waals surface area (Å²) in [5.74, 6) is 0.694. The summed E-state index contributed by atoms with van der Waals surface area (Å²) in [5, 5.41) is 4.07. The van der Waals surface area contributed by atoms with E-state index >= 15 is 0 Å². The molecule has 0 radical (unpaired) electrons. The van der Waals surface area contributed by atoms with Crippen molar-refractivity contribution >= 4 is 22.7 Å². The van der Waals surface area contributed by atoms with Crippen molar-refractivity contribution in [2.75, 3.05) is 0 Å². The van der Waals surface area contributed by atoms with Gasteiger partial charge in [-0.2, -0.15) is 0 Å². The summed E-state index contributed by atoms with van der Waals surface area (Å²) in [5.41, 5.74) is 0. The smallest absolute Gasteiger partial charge is 0.152 e. The van der Waals surface area contributed by atoms with E-state index in [1.807, 2.05) is 17.8 Å². The van der Waals surface area contributed by atoms with Crippen LogP contribution in [0.15, 0.2) is 17.8 Å². The second kappa shape index (κ2) is 4.19. The van der Waals surface area contributed by atoms with Gasteiger partial charge >= 0.3 is 0 Å². The van der Waals surface area contributed by atoms with E-state index < -0.39 is 0 Å². The van der Waals surface area contributed by atoms with E-state index in [2.05, 4.69) is 23.8 Å². The lowest BCUT2D eigenvalue weighted by Crippen LogP contribution is -1.89. The second-order valence-electron chi connectivity index (χ2n) is 3.57. The van der Waals surface area contributed by atoms with Gasteiger partial charge in [0.25, 0.3) is 0 Å². The first-order valence-corrected chi connectivity index (χ1v) is 6.30. The van der Waals surface area contributed by atoms with Crippen LogP contribution in [0, 0.1) is 5.92 Å². The molecule has 0 aromatic carbocycles. The summed E-state index contributed by atoms with van der Waals surface area (Å²) in [6.45, 7) is 4.45. The molecule has 2 aromatic heterocycles. The fourth-order valence-corrected chi connectivity index (χ4v) is 3.04. The van der Waals surface area contributed by atoms with Crippen molar-refractivity contribution in [3.63, 3.8) is 0 Å². The van der Waals surface area contributed by atoms with Gasteiger partial charge in [-0.3, -0.25) is 0 Å². The highest BCUT2D eigenvalue weighted by atomic mass is 32.1.